The van der Waals surface area contributed by atoms with E-state index in [2.05, 4.69) is 55.3 Å². The van der Waals surface area contributed by atoms with E-state index in [1.165, 1.54) is 16.5 Å². The van der Waals surface area contributed by atoms with E-state index in [0.717, 1.165) is 13.0 Å². The molecular weight excluding hydrogens is 232 g/mol. The van der Waals surface area contributed by atoms with E-state index < -0.39 is 0 Å². The van der Waals surface area contributed by atoms with Crippen molar-refractivity contribution in [3.8, 4) is 0 Å². The Balaban J connectivity index is 0.00000144. The minimum atomic E-state index is 0. The molecule has 0 aliphatic rings. The lowest BCUT2D eigenvalue weighted by Crippen LogP contribution is -2.37. The molecule has 2 rings (SSSR count). The van der Waals surface area contributed by atoms with Crippen molar-refractivity contribution in [2.75, 3.05) is 0 Å². The van der Waals surface area contributed by atoms with Crippen LogP contribution in [0.3, 0.4) is 0 Å². The van der Waals surface area contributed by atoms with Gasteiger partial charge in [0.15, 0.2) is 0 Å². The molecule has 0 saturated heterocycles. The van der Waals surface area contributed by atoms with Gasteiger partial charge in [0.2, 0.25) is 0 Å². The first-order valence-corrected chi connectivity index (χ1v) is 5.92. The highest BCUT2D eigenvalue weighted by atomic mass is 35.5. The highest BCUT2D eigenvalue weighted by Gasteiger charge is 2.14. The van der Waals surface area contributed by atoms with Crippen LogP contribution in [-0.2, 0) is 6.54 Å². The Morgan fingerprint density at radius 3 is 2.71 bits per heavy atom. The summed E-state index contributed by atoms with van der Waals surface area (Å²) in [6.07, 6.45) is 3.13. The van der Waals surface area contributed by atoms with Gasteiger partial charge in [-0.1, -0.05) is 25.1 Å². The van der Waals surface area contributed by atoms with Crippen molar-refractivity contribution < 1.29 is 0 Å². The van der Waals surface area contributed by atoms with Crippen LogP contribution in [0.5, 0.6) is 0 Å². The monoisotopic (exact) mass is 252 g/mol. The first kappa shape index (κ1) is 14.1. The van der Waals surface area contributed by atoms with Crippen molar-refractivity contribution >= 4 is 23.3 Å². The summed E-state index contributed by atoms with van der Waals surface area (Å²) in [5.74, 6) is 0. The number of aromatic nitrogens is 1. The van der Waals surface area contributed by atoms with Gasteiger partial charge in [0, 0.05) is 23.8 Å². The average Bonchev–Trinajstić information content (AvgIpc) is 2.75. The van der Waals surface area contributed by atoms with Gasteiger partial charge in [-0.3, -0.25) is 0 Å². The van der Waals surface area contributed by atoms with Crippen molar-refractivity contribution in [3.05, 3.63) is 36.0 Å². The second-order valence-electron chi connectivity index (χ2n) is 4.95. The van der Waals surface area contributed by atoms with E-state index in [-0.39, 0.29) is 17.9 Å². The molecule has 3 heteroatoms. The van der Waals surface area contributed by atoms with Crippen LogP contribution in [0.2, 0.25) is 0 Å². The van der Waals surface area contributed by atoms with Crippen LogP contribution in [0, 0.1) is 0 Å². The summed E-state index contributed by atoms with van der Waals surface area (Å²) in [6, 6.07) is 8.55. The third kappa shape index (κ3) is 3.24. The van der Waals surface area contributed by atoms with Gasteiger partial charge in [-0.2, -0.15) is 0 Å². The summed E-state index contributed by atoms with van der Waals surface area (Å²) < 4.78 is 0. The Labute approximate surface area is 109 Å². The van der Waals surface area contributed by atoms with Crippen molar-refractivity contribution in [2.45, 2.75) is 39.3 Å². The smallest absolute Gasteiger partial charge is 0.0499 e. The molecule has 0 amide bonds. The Bertz CT molecular complexity index is 474. The molecule has 1 heterocycles. The number of nitrogens with one attached hydrogen (secondary N) is 2. The quantitative estimate of drug-likeness (QED) is 0.850. The second kappa shape index (κ2) is 5.56. The standard InChI is InChI=1S/C14H20N2.ClH/c1-4-14(2,3)16-10-12-7-5-6-11-8-9-15-13(11)12;/h5-9,15-16H,4,10H2,1-3H3;1H. The molecule has 94 valence electrons. The molecule has 2 nitrogen and oxygen atoms in total. The van der Waals surface area contributed by atoms with Crippen LogP contribution in [0.4, 0.5) is 0 Å². The number of rotatable bonds is 4. The number of hydrogen-bond acceptors (Lipinski definition) is 1. The number of hydrogen-bond donors (Lipinski definition) is 2. The van der Waals surface area contributed by atoms with Gasteiger partial charge in [0.05, 0.1) is 0 Å². The van der Waals surface area contributed by atoms with Crippen molar-refractivity contribution in [1.29, 1.82) is 0 Å². The van der Waals surface area contributed by atoms with Crippen LogP contribution in [0.15, 0.2) is 30.5 Å². The lowest BCUT2D eigenvalue weighted by atomic mass is 10.0. The number of H-pyrrole nitrogens is 1. The zero-order valence-electron chi connectivity index (χ0n) is 10.7. The molecule has 0 bridgehead atoms. The lowest BCUT2D eigenvalue weighted by molar-refractivity contribution is 0.375. The van der Waals surface area contributed by atoms with Crippen LogP contribution in [-0.4, -0.2) is 10.5 Å². The number of aromatic amines is 1. The van der Waals surface area contributed by atoms with E-state index in [9.17, 15) is 0 Å². The Morgan fingerprint density at radius 1 is 1.24 bits per heavy atom. The lowest BCUT2D eigenvalue weighted by Gasteiger charge is -2.24. The highest BCUT2D eigenvalue weighted by molar-refractivity contribution is 5.85. The molecule has 0 unspecified atom stereocenters. The molecule has 0 aliphatic carbocycles. The van der Waals surface area contributed by atoms with E-state index in [1.54, 1.807) is 0 Å². The molecule has 0 atom stereocenters. The number of benzene rings is 1. The fourth-order valence-electron chi connectivity index (χ4n) is 1.76. The SMILES string of the molecule is CCC(C)(C)NCc1cccc2cc[nH]c12.Cl. The third-order valence-corrected chi connectivity index (χ3v) is 3.31. The molecular formula is C14H21ClN2. The molecule has 1 aromatic carbocycles. The van der Waals surface area contributed by atoms with E-state index in [4.69, 9.17) is 0 Å². The average molecular weight is 253 g/mol. The minimum Gasteiger partial charge on any atom is -0.361 e. The predicted octanol–water partition coefficient (Wildman–Crippen LogP) is 3.87. The van der Waals surface area contributed by atoms with Crippen molar-refractivity contribution in [2.24, 2.45) is 0 Å². The topological polar surface area (TPSA) is 27.8 Å². The van der Waals surface area contributed by atoms with Gasteiger partial charge in [-0.05, 0) is 37.3 Å². The van der Waals surface area contributed by atoms with Crippen molar-refractivity contribution in [3.63, 3.8) is 0 Å². The van der Waals surface area contributed by atoms with Gasteiger partial charge >= 0.3 is 0 Å². The van der Waals surface area contributed by atoms with Crippen molar-refractivity contribution in [1.82, 2.24) is 10.3 Å². The molecule has 2 aromatic rings. The highest BCUT2D eigenvalue weighted by Crippen LogP contribution is 2.18. The summed E-state index contributed by atoms with van der Waals surface area (Å²) in [4.78, 5) is 3.30. The second-order valence-corrected chi connectivity index (χ2v) is 4.95. The normalized spacial score (nSPS) is 11.5. The summed E-state index contributed by atoms with van der Waals surface area (Å²) in [5.41, 5.74) is 2.79. The maximum Gasteiger partial charge on any atom is 0.0499 e. The van der Waals surface area contributed by atoms with E-state index in [0.29, 0.717) is 0 Å². The Morgan fingerprint density at radius 2 is 2.00 bits per heavy atom. The molecule has 2 N–H and O–H groups in total. The maximum atomic E-state index is 3.59. The summed E-state index contributed by atoms with van der Waals surface area (Å²) in [6.45, 7) is 7.60. The van der Waals surface area contributed by atoms with Gasteiger partial charge in [0.25, 0.3) is 0 Å². The fourth-order valence-corrected chi connectivity index (χ4v) is 1.76. The van der Waals surface area contributed by atoms with E-state index in [1.807, 2.05) is 6.20 Å². The third-order valence-electron chi connectivity index (χ3n) is 3.31. The fraction of sp³-hybridized carbons (Fsp3) is 0.429. The largest absolute Gasteiger partial charge is 0.361 e. The number of halogens is 1. The molecule has 0 radical (unpaired) electrons. The molecule has 0 saturated carbocycles. The maximum absolute atomic E-state index is 3.59. The summed E-state index contributed by atoms with van der Waals surface area (Å²) in [7, 11) is 0. The van der Waals surface area contributed by atoms with Gasteiger partial charge < -0.3 is 10.3 Å². The predicted molar refractivity (Wildman–Crippen MR) is 76.8 cm³/mol. The van der Waals surface area contributed by atoms with Gasteiger partial charge in [0.1, 0.15) is 0 Å². The Hall–Kier alpha value is -0.990. The Kier molecular flexibility index (Phi) is 4.61. The number of fused-ring (bicyclic) bond motifs is 1. The van der Waals surface area contributed by atoms with Crippen LogP contribution in [0.25, 0.3) is 10.9 Å². The van der Waals surface area contributed by atoms with Gasteiger partial charge in [-0.15, -0.1) is 12.4 Å². The van der Waals surface area contributed by atoms with E-state index >= 15 is 0 Å². The zero-order chi connectivity index (χ0) is 11.6. The molecule has 17 heavy (non-hydrogen) atoms. The minimum absolute atomic E-state index is 0. The first-order valence-electron chi connectivity index (χ1n) is 5.92. The van der Waals surface area contributed by atoms with Crippen LogP contribution >= 0.6 is 12.4 Å². The molecule has 1 aromatic heterocycles. The molecule has 0 spiro atoms. The molecule has 0 aliphatic heterocycles. The summed E-state index contributed by atoms with van der Waals surface area (Å²) in [5, 5.41) is 4.87. The van der Waals surface area contributed by atoms with Crippen LogP contribution in [0.1, 0.15) is 32.8 Å². The van der Waals surface area contributed by atoms with Gasteiger partial charge in [-0.25, -0.2) is 0 Å². The van der Waals surface area contributed by atoms with Crippen LogP contribution < -0.4 is 5.32 Å². The molecule has 0 fully saturated rings. The summed E-state index contributed by atoms with van der Waals surface area (Å²) >= 11 is 0. The first-order chi connectivity index (χ1) is 7.62. The number of para-hydroxylation sites is 1. The zero-order valence-corrected chi connectivity index (χ0v) is 11.5.